The molecule has 0 aliphatic carbocycles. The number of benzene rings is 4. The van der Waals surface area contributed by atoms with Gasteiger partial charge in [0.25, 0.3) is 0 Å². The monoisotopic (exact) mass is 468 g/mol. The summed E-state index contributed by atoms with van der Waals surface area (Å²) >= 11 is 0. The van der Waals surface area contributed by atoms with E-state index in [0.717, 1.165) is 38.4 Å². The van der Waals surface area contributed by atoms with Crippen molar-refractivity contribution in [1.29, 1.82) is 0 Å². The molecule has 35 heavy (non-hydrogen) atoms. The van der Waals surface area contributed by atoms with Crippen LogP contribution in [0.2, 0.25) is 0 Å². The van der Waals surface area contributed by atoms with Crippen molar-refractivity contribution in [2.45, 2.75) is 25.6 Å². The molecule has 1 unspecified atom stereocenters. The molecule has 0 amide bonds. The SMILES string of the molecule is O=C(O)C(Cc1c[nH]c2ccccc12)NCc1c(OCc2ccc(F)cc2)ccc2ccccc12. The zero-order valence-corrected chi connectivity index (χ0v) is 19.0. The number of aromatic nitrogens is 1. The Bertz CT molecular complexity index is 1480. The van der Waals surface area contributed by atoms with Gasteiger partial charge >= 0.3 is 5.97 Å². The summed E-state index contributed by atoms with van der Waals surface area (Å²) in [6.45, 7) is 0.600. The van der Waals surface area contributed by atoms with E-state index in [1.54, 1.807) is 12.1 Å². The molecule has 6 heteroatoms. The fourth-order valence-corrected chi connectivity index (χ4v) is 4.37. The van der Waals surface area contributed by atoms with E-state index < -0.39 is 12.0 Å². The van der Waals surface area contributed by atoms with Gasteiger partial charge in [0.05, 0.1) is 0 Å². The number of hydrogen-bond donors (Lipinski definition) is 3. The highest BCUT2D eigenvalue weighted by Crippen LogP contribution is 2.29. The van der Waals surface area contributed by atoms with Crippen LogP contribution in [0.1, 0.15) is 16.7 Å². The summed E-state index contributed by atoms with van der Waals surface area (Å²) in [6.07, 6.45) is 2.22. The predicted molar refractivity (Wildman–Crippen MR) is 135 cm³/mol. The molecule has 0 radical (unpaired) electrons. The molecule has 0 fully saturated rings. The molecule has 5 rings (SSSR count). The molecule has 1 aromatic heterocycles. The first-order valence-electron chi connectivity index (χ1n) is 11.5. The highest BCUT2D eigenvalue weighted by atomic mass is 19.1. The van der Waals surface area contributed by atoms with Gasteiger partial charge in [0.1, 0.15) is 24.2 Å². The molecule has 3 N–H and O–H groups in total. The minimum absolute atomic E-state index is 0.281. The molecule has 0 aliphatic heterocycles. The number of aliphatic carboxylic acids is 1. The lowest BCUT2D eigenvalue weighted by molar-refractivity contribution is -0.139. The first-order chi connectivity index (χ1) is 17.1. The van der Waals surface area contributed by atoms with Crippen LogP contribution in [0, 0.1) is 5.82 Å². The molecular formula is C29H25FN2O3. The van der Waals surface area contributed by atoms with Gasteiger partial charge in [-0.25, -0.2) is 4.39 Å². The largest absolute Gasteiger partial charge is 0.489 e. The summed E-state index contributed by atoms with van der Waals surface area (Å²) in [5.74, 6) is -0.541. The molecule has 0 saturated carbocycles. The molecular weight excluding hydrogens is 443 g/mol. The lowest BCUT2D eigenvalue weighted by atomic mass is 10.0. The number of H-pyrrole nitrogens is 1. The molecule has 1 heterocycles. The number of carboxylic acid groups (broad SMARTS) is 1. The lowest BCUT2D eigenvalue weighted by Gasteiger charge is -2.18. The average Bonchev–Trinajstić information content (AvgIpc) is 3.29. The Balaban J connectivity index is 1.39. The van der Waals surface area contributed by atoms with Gasteiger partial charge in [-0.3, -0.25) is 10.1 Å². The van der Waals surface area contributed by atoms with Crippen molar-refractivity contribution < 1.29 is 19.0 Å². The van der Waals surface area contributed by atoms with Crippen molar-refractivity contribution >= 4 is 27.6 Å². The minimum atomic E-state index is -0.913. The average molecular weight is 469 g/mol. The van der Waals surface area contributed by atoms with E-state index in [4.69, 9.17) is 4.74 Å². The summed E-state index contributed by atoms with van der Waals surface area (Å²) in [4.78, 5) is 15.3. The van der Waals surface area contributed by atoms with Crippen molar-refractivity contribution in [2.24, 2.45) is 0 Å². The molecule has 0 saturated heterocycles. The predicted octanol–water partition coefficient (Wildman–Crippen LogP) is 5.82. The Morgan fingerprint density at radius 3 is 2.49 bits per heavy atom. The van der Waals surface area contributed by atoms with Gasteiger partial charge < -0.3 is 14.8 Å². The molecule has 176 valence electrons. The van der Waals surface area contributed by atoms with E-state index in [-0.39, 0.29) is 12.4 Å². The Morgan fingerprint density at radius 1 is 0.943 bits per heavy atom. The third-order valence-electron chi connectivity index (χ3n) is 6.23. The van der Waals surface area contributed by atoms with Crippen LogP contribution < -0.4 is 10.1 Å². The second-order valence-electron chi connectivity index (χ2n) is 8.51. The number of fused-ring (bicyclic) bond motifs is 2. The van der Waals surface area contributed by atoms with Crippen LogP contribution in [0.4, 0.5) is 4.39 Å². The van der Waals surface area contributed by atoms with Crippen LogP contribution in [-0.2, 0) is 24.4 Å². The van der Waals surface area contributed by atoms with E-state index in [1.807, 2.05) is 66.9 Å². The van der Waals surface area contributed by atoms with Crippen LogP contribution in [0.15, 0.2) is 91.1 Å². The summed E-state index contributed by atoms with van der Waals surface area (Å²) in [7, 11) is 0. The van der Waals surface area contributed by atoms with Crippen LogP contribution in [0.3, 0.4) is 0 Å². The van der Waals surface area contributed by atoms with Gasteiger partial charge in [-0.1, -0.05) is 60.7 Å². The van der Waals surface area contributed by atoms with Gasteiger partial charge in [0.15, 0.2) is 0 Å². The molecule has 0 spiro atoms. The van der Waals surface area contributed by atoms with Crippen LogP contribution in [0.5, 0.6) is 5.75 Å². The molecule has 5 aromatic rings. The standard InChI is InChI=1S/C29H25FN2O3/c30-22-12-9-19(10-13-22)18-35-28-14-11-20-5-1-2-6-23(20)25(28)17-32-27(29(33)34)15-21-16-31-26-8-4-3-7-24(21)26/h1-14,16,27,31-32H,15,17-18H2,(H,33,34). The minimum Gasteiger partial charge on any atom is -0.489 e. The summed E-state index contributed by atoms with van der Waals surface area (Å²) in [5.41, 5.74) is 3.67. The van der Waals surface area contributed by atoms with E-state index >= 15 is 0 Å². The first kappa shape index (κ1) is 22.6. The van der Waals surface area contributed by atoms with E-state index in [1.165, 1.54) is 12.1 Å². The highest BCUT2D eigenvalue weighted by Gasteiger charge is 2.21. The smallest absolute Gasteiger partial charge is 0.321 e. The normalized spacial score (nSPS) is 12.1. The van der Waals surface area contributed by atoms with E-state index in [0.29, 0.717) is 18.7 Å². The molecule has 5 nitrogen and oxygen atoms in total. The maximum Gasteiger partial charge on any atom is 0.321 e. The third kappa shape index (κ3) is 5.03. The number of ether oxygens (including phenoxy) is 1. The maximum atomic E-state index is 13.3. The van der Waals surface area contributed by atoms with Crippen LogP contribution in [-0.4, -0.2) is 22.1 Å². The number of para-hydroxylation sites is 1. The maximum absolute atomic E-state index is 13.3. The van der Waals surface area contributed by atoms with E-state index in [2.05, 4.69) is 10.3 Å². The molecule has 4 aromatic carbocycles. The summed E-state index contributed by atoms with van der Waals surface area (Å²) in [5, 5.41) is 16.2. The Morgan fingerprint density at radius 2 is 1.69 bits per heavy atom. The number of aromatic amines is 1. The Kier molecular flexibility index (Phi) is 6.46. The topological polar surface area (TPSA) is 74.3 Å². The summed E-state index contributed by atoms with van der Waals surface area (Å²) < 4.78 is 19.4. The van der Waals surface area contributed by atoms with Crippen molar-refractivity contribution in [3.05, 3.63) is 114 Å². The van der Waals surface area contributed by atoms with Crippen molar-refractivity contribution in [1.82, 2.24) is 10.3 Å². The Labute approximate surface area is 202 Å². The number of rotatable bonds is 9. The first-order valence-corrected chi connectivity index (χ1v) is 11.5. The lowest BCUT2D eigenvalue weighted by Crippen LogP contribution is -2.38. The number of carbonyl (C=O) groups is 1. The molecule has 0 aliphatic rings. The van der Waals surface area contributed by atoms with Gasteiger partial charge in [-0.2, -0.15) is 0 Å². The van der Waals surface area contributed by atoms with Gasteiger partial charge in [-0.05, 0) is 46.2 Å². The quantitative estimate of drug-likeness (QED) is 0.255. The second-order valence-corrected chi connectivity index (χ2v) is 8.51. The number of nitrogens with one attached hydrogen (secondary N) is 2. The third-order valence-corrected chi connectivity index (χ3v) is 6.23. The number of carboxylic acids is 1. The fourth-order valence-electron chi connectivity index (χ4n) is 4.37. The zero-order valence-electron chi connectivity index (χ0n) is 19.0. The van der Waals surface area contributed by atoms with Crippen LogP contribution >= 0.6 is 0 Å². The highest BCUT2D eigenvalue weighted by molar-refractivity contribution is 5.88. The zero-order chi connectivity index (χ0) is 24.2. The van der Waals surface area contributed by atoms with Gasteiger partial charge in [-0.15, -0.1) is 0 Å². The molecule has 1 atom stereocenters. The van der Waals surface area contributed by atoms with Crippen molar-refractivity contribution in [2.75, 3.05) is 0 Å². The number of hydrogen-bond acceptors (Lipinski definition) is 3. The Hall–Kier alpha value is -4.16. The fraction of sp³-hybridized carbons (Fsp3) is 0.138. The van der Waals surface area contributed by atoms with Crippen molar-refractivity contribution in [3.8, 4) is 5.75 Å². The molecule has 0 bridgehead atoms. The number of halogens is 1. The van der Waals surface area contributed by atoms with Crippen molar-refractivity contribution in [3.63, 3.8) is 0 Å². The van der Waals surface area contributed by atoms with E-state index in [9.17, 15) is 14.3 Å². The summed E-state index contributed by atoms with van der Waals surface area (Å²) in [6, 6.07) is 25.1. The van der Waals surface area contributed by atoms with Crippen LogP contribution in [0.25, 0.3) is 21.7 Å². The van der Waals surface area contributed by atoms with Gasteiger partial charge in [0, 0.05) is 35.6 Å². The second kappa shape index (κ2) is 9.99. The van der Waals surface area contributed by atoms with Gasteiger partial charge in [0.2, 0.25) is 0 Å².